The summed E-state index contributed by atoms with van der Waals surface area (Å²) >= 11 is 0. The third-order valence-electron chi connectivity index (χ3n) is 2.35. The second kappa shape index (κ2) is 7.82. The Kier molecular flexibility index (Phi) is 7.63. The second-order valence-electron chi connectivity index (χ2n) is 3.44. The number of Topliss-reactive ketones (excluding diaryl/α,β-unsaturated/α-hetero) is 1. The van der Waals surface area contributed by atoms with Crippen LogP contribution in [0, 0.1) is 6.08 Å². The summed E-state index contributed by atoms with van der Waals surface area (Å²) in [5, 5.41) is 0. The fourth-order valence-electron chi connectivity index (χ4n) is 1.45. The first-order valence-corrected chi connectivity index (χ1v) is 5.12. The van der Waals surface area contributed by atoms with Crippen LogP contribution in [0.1, 0.15) is 20.3 Å². The maximum Gasteiger partial charge on any atom is 1.00 e. The van der Waals surface area contributed by atoms with Gasteiger partial charge in [-0.05, 0) is 6.92 Å². The minimum Gasteiger partial charge on any atom is -0.475 e. The number of ketones is 1. The van der Waals surface area contributed by atoms with E-state index in [4.69, 9.17) is 4.74 Å². The van der Waals surface area contributed by atoms with E-state index in [9.17, 15) is 9.59 Å². The van der Waals surface area contributed by atoms with Crippen LogP contribution >= 0.6 is 0 Å². The molecule has 1 rings (SSSR count). The van der Waals surface area contributed by atoms with Crippen molar-refractivity contribution in [1.82, 2.24) is 0 Å². The smallest absolute Gasteiger partial charge is 0.475 e. The zero-order valence-corrected chi connectivity index (χ0v) is 12.8. The van der Waals surface area contributed by atoms with Crippen LogP contribution in [0.15, 0.2) is 16.7 Å². The van der Waals surface area contributed by atoms with Gasteiger partial charge in [-0.25, -0.2) is 0 Å². The summed E-state index contributed by atoms with van der Waals surface area (Å²) in [5.41, 5.74) is 1.67. The van der Waals surface area contributed by atoms with E-state index < -0.39 is 5.97 Å². The molecule has 0 fully saturated rings. The molecule has 0 saturated carbocycles. The average Bonchev–Trinajstić information content (AvgIpc) is 2.67. The molecule has 0 unspecified atom stereocenters. The van der Waals surface area contributed by atoms with Crippen molar-refractivity contribution in [3.8, 4) is 0 Å². The normalized spacial score (nSPS) is 14.2. The van der Waals surface area contributed by atoms with E-state index in [1.165, 1.54) is 7.11 Å². The molecule has 0 saturated heterocycles. The third-order valence-corrected chi connectivity index (χ3v) is 2.35. The van der Waals surface area contributed by atoms with Gasteiger partial charge in [0.1, 0.15) is 0 Å². The van der Waals surface area contributed by atoms with Crippen molar-refractivity contribution in [2.45, 2.75) is 20.3 Å². The van der Waals surface area contributed by atoms with Gasteiger partial charge >= 0.3 is 29.6 Å². The Morgan fingerprint density at radius 1 is 1.41 bits per heavy atom. The quantitative estimate of drug-likeness (QED) is 0.327. The van der Waals surface area contributed by atoms with Gasteiger partial charge in [-0.15, -0.1) is 5.57 Å². The number of rotatable bonds is 5. The number of hydrogen-bond donors (Lipinski definition) is 0. The molecule has 0 bridgehead atoms. The molecule has 0 N–H and O–H groups in total. The summed E-state index contributed by atoms with van der Waals surface area (Å²) in [6.45, 7) is 4.10. The summed E-state index contributed by atoms with van der Waals surface area (Å²) in [6, 6.07) is 0. The van der Waals surface area contributed by atoms with Gasteiger partial charge in [0.25, 0.3) is 5.97 Å². The van der Waals surface area contributed by atoms with Gasteiger partial charge in [0.15, 0.2) is 0 Å². The SMILES string of the molecule is CCOCC(=O)C1=[C-]C(C)=C(C(=O)OC)C1.[Na+]. The predicted octanol–water partition coefficient (Wildman–Crippen LogP) is -1.78. The molecule has 0 aromatic carbocycles. The molecule has 5 heteroatoms. The van der Waals surface area contributed by atoms with Crippen molar-refractivity contribution in [2.24, 2.45) is 0 Å². The van der Waals surface area contributed by atoms with Gasteiger partial charge in [0.2, 0.25) is 0 Å². The van der Waals surface area contributed by atoms with E-state index in [-0.39, 0.29) is 41.9 Å². The molecular weight excluding hydrogens is 231 g/mol. The van der Waals surface area contributed by atoms with Crippen LogP contribution in [0.25, 0.3) is 0 Å². The van der Waals surface area contributed by atoms with Gasteiger partial charge < -0.3 is 14.3 Å². The first kappa shape index (κ1) is 16.6. The molecule has 0 aliphatic heterocycles. The van der Waals surface area contributed by atoms with Crippen molar-refractivity contribution >= 4 is 11.8 Å². The summed E-state index contributed by atoms with van der Waals surface area (Å²) < 4.78 is 9.64. The Morgan fingerprint density at radius 2 is 2.06 bits per heavy atom. The van der Waals surface area contributed by atoms with Crippen molar-refractivity contribution in [3.63, 3.8) is 0 Å². The number of hydrogen-bond acceptors (Lipinski definition) is 4. The molecule has 1 aliphatic rings. The van der Waals surface area contributed by atoms with E-state index in [1.54, 1.807) is 6.92 Å². The molecule has 17 heavy (non-hydrogen) atoms. The molecule has 0 aromatic rings. The number of carbonyl (C=O) groups excluding carboxylic acids is 2. The van der Waals surface area contributed by atoms with Crippen LogP contribution in [0.2, 0.25) is 0 Å². The first-order chi connectivity index (χ1) is 7.60. The van der Waals surface area contributed by atoms with Crippen LogP contribution in [0.4, 0.5) is 0 Å². The van der Waals surface area contributed by atoms with Crippen LogP contribution < -0.4 is 29.6 Å². The van der Waals surface area contributed by atoms with Gasteiger partial charge in [-0.3, -0.25) is 4.79 Å². The summed E-state index contributed by atoms with van der Waals surface area (Å²) in [5.74, 6) is -0.524. The molecule has 0 radical (unpaired) electrons. The summed E-state index contributed by atoms with van der Waals surface area (Å²) in [7, 11) is 1.32. The van der Waals surface area contributed by atoms with Crippen molar-refractivity contribution in [3.05, 3.63) is 22.8 Å². The van der Waals surface area contributed by atoms with E-state index in [2.05, 4.69) is 10.8 Å². The molecule has 0 heterocycles. The summed E-state index contributed by atoms with van der Waals surface area (Å²) in [6.07, 6.45) is 3.19. The minimum atomic E-state index is -0.399. The second-order valence-corrected chi connectivity index (χ2v) is 3.44. The zero-order chi connectivity index (χ0) is 12.1. The van der Waals surface area contributed by atoms with Crippen molar-refractivity contribution in [2.75, 3.05) is 20.3 Å². The van der Waals surface area contributed by atoms with Crippen LogP contribution in [0.5, 0.6) is 0 Å². The van der Waals surface area contributed by atoms with E-state index in [0.717, 1.165) is 0 Å². The Labute approximate surface area is 123 Å². The molecule has 0 aromatic heterocycles. The van der Waals surface area contributed by atoms with E-state index >= 15 is 0 Å². The van der Waals surface area contributed by atoms with E-state index in [1.807, 2.05) is 6.92 Å². The molecule has 4 nitrogen and oxygen atoms in total. The molecule has 0 spiro atoms. The molecular formula is C12H15NaO4. The number of allylic oxidation sites excluding steroid dienone is 2. The van der Waals surface area contributed by atoms with Gasteiger partial charge in [-0.2, -0.15) is 11.6 Å². The Bertz CT molecular complexity index is 369. The first-order valence-electron chi connectivity index (χ1n) is 5.12. The minimum absolute atomic E-state index is 0. The number of esters is 1. The Morgan fingerprint density at radius 3 is 2.59 bits per heavy atom. The maximum absolute atomic E-state index is 11.6. The summed E-state index contributed by atoms with van der Waals surface area (Å²) in [4.78, 5) is 22.9. The number of ether oxygens (including phenoxy) is 2. The van der Waals surface area contributed by atoms with Crippen LogP contribution in [-0.4, -0.2) is 32.1 Å². The third kappa shape index (κ3) is 4.39. The zero-order valence-electron chi connectivity index (χ0n) is 10.8. The van der Waals surface area contributed by atoms with Gasteiger partial charge in [0, 0.05) is 6.61 Å². The number of methoxy groups -OCH3 is 1. The molecule has 0 atom stereocenters. The molecule has 88 valence electrons. The Hall–Kier alpha value is -0.420. The average molecular weight is 246 g/mol. The van der Waals surface area contributed by atoms with Crippen LogP contribution in [-0.2, 0) is 19.1 Å². The topological polar surface area (TPSA) is 52.6 Å². The predicted molar refractivity (Wildman–Crippen MR) is 57.6 cm³/mol. The molecule has 1 aliphatic carbocycles. The van der Waals surface area contributed by atoms with Crippen molar-refractivity contribution in [1.29, 1.82) is 0 Å². The van der Waals surface area contributed by atoms with Gasteiger partial charge in [0.05, 0.1) is 19.5 Å². The molecule has 0 amide bonds. The fraction of sp³-hybridized carbons (Fsp3) is 0.500. The van der Waals surface area contributed by atoms with Crippen LogP contribution in [0.3, 0.4) is 0 Å². The van der Waals surface area contributed by atoms with Crippen molar-refractivity contribution < 1.29 is 48.6 Å². The largest absolute Gasteiger partial charge is 1.00 e. The van der Waals surface area contributed by atoms with Gasteiger partial charge in [-0.1, -0.05) is 18.9 Å². The Balaban J connectivity index is 0.00000256. The monoisotopic (exact) mass is 246 g/mol. The fourth-order valence-corrected chi connectivity index (χ4v) is 1.45. The maximum atomic E-state index is 11.6. The number of carbonyl (C=O) groups is 2. The van der Waals surface area contributed by atoms with E-state index in [0.29, 0.717) is 29.7 Å². The standard InChI is InChI=1S/C12H15O4.Na/c1-4-16-7-11(13)9-5-8(2)10(6-9)12(14)15-3;/h4,6-7H2,1-3H3;/q-1;+1.